The molecule has 0 nitrogen and oxygen atoms in total. The molecule has 0 N–H and O–H groups in total. The molecule has 0 aromatic heterocycles. The molecule has 12 heavy (non-hydrogen) atoms. The molecule has 2 aliphatic rings. The molecule has 0 aromatic carbocycles. The third-order valence-corrected chi connectivity index (χ3v) is 3.67. The number of hydrogen-bond acceptors (Lipinski definition) is 0. The lowest BCUT2D eigenvalue weighted by molar-refractivity contribution is 0.491. The van der Waals surface area contributed by atoms with Gasteiger partial charge in [0, 0.05) is 0 Å². The van der Waals surface area contributed by atoms with Crippen molar-refractivity contribution < 1.29 is 0 Å². The molecule has 0 aromatic rings. The van der Waals surface area contributed by atoms with Crippen molar-refractivity contribution in [1.82, 2.24) is 0 Å². The van der Waals surface area contributed by atoms with E-state index < -0.39 is 0 Å². The fourth-order valence-corrected chi connectivity index (χ4v) is 3.09. The monoisotopic (exact) mass is 164 g/mol. The van der Waals surface area contributed by atoms with Crippen molar-refractivity contribution in [3.8, 4) is 0 Å². The Bertz CT molecular complexity index is 162. The zero-order valence-electron chi connectivity index (χ0n) is 8.29. The fourth-order valence-electron chi connectivity index (χ4n) is 3.09. The second-order valence-corrected chi connectivity index (χ2v) is 4.78. The van der Waals surface area contributed by atoms with Crippen molar-refractivity contribution in [2.45, 2.75) is 39.5 Å². The second kappa shape index (κ2) is 3.24. The molecule has 2 rings (SSSR count). The van der Waals surface area contributed by atoms with E-state index in [9.17, 15) is 0 Å². The Kier molecular flexibility index (Phi) is 2.25. The van der Waals surface area contributed by atoms with Gasteiger partial charge in [-0.3, -0.25) is 0 Å². The molecule has 0 bridgehead atoms. The summed E-state index contributed by atoms with van der Waals surface area (Å²) in [4.78, 5) is 0. The average molecular weight is 164 g/mol. The van der Waals surface area contributed by atoms with Crippen LogP contribution >= 0.6 is 0 Å². The summed E-state index contributed by atoms with van der Waals surface area (Å²) < 4.78 is 0. The third-order valence-electron chi connectivity index (χ3n) is 3.67. The van der Waals surface area contributed by atoms with Gasteiger partial charge < -0.3 is 0 Å². The minimum atomic E-state index is 0.929. The van der Waals surface area contributed by atoms with Crippen LogP contribution in [0.3, 0.4) is 0 Å². The Morgan fingerprint density at radius 1 is 1.00 bits per heavy atom. The van der Waals surface area contributed by atoms with E-state index in [0.29, 0.717) is 0 Å². The van der Waals surface area contributed by atoms with E-state index in [4.69, 9.17) is 0 Å². The zero-order valence-corrected chi connectivity index (χ0v) is 8.29. The molecule has 2 aliphatic carbocycles. The van der Waals surface area contributed by atoms with Gasteiger partial charge in [0.2, 0.25) is 0 Å². The molecule has 2 unspecified atom stereocenters. The van der Waals surface area contributed by atoms with Gasteiger partial charge in [0.25, 0.3) is 0 Å². The van der Waals surface area contributed by atoms with E-state index in [1.165, 1.54) is 25.7 Å². The van der Waals surface area contributed by atoms with Crippen LogP contribution in [0.2, 0.25) is 0 Å². The summed E-state index contributed by atoms with van der Waals surface area (Å²) in [5, 5.41) is 0. The maximum Gasteiger partial charge on any atom is -0.0329 e. The van der Waals surface area contributed by atoms with Crippen molar-refractivity contribution in [2.75, 3.05) is 0 Å². The highest BCUT2D eigenvalue weighted by Crippen LogP contribution is 2.56. The molecule has 0 aliphatic heterocycles. The molecule has 1 saturated carbocycles. The first kappa shape index (κ1) is 8.34. The molecule has 68 valence electrons. The van der Waals surface area contributed by atoms with Gasteiger partial charge in [-0.1, -0.05) is 26.0 Å². The lowest BCUT2D eigenvalue weighted by Crippen LogP contribution is -1.93. The Morgan fingerprint density at radius 2 is 1.50 bits per heavy atom. The van der Waals surface area contributed by atoms with Crippen molar-refractivity contribution in [3.63, 3.8) is 0 Å². The standard InChI is InChI=1S/C12H20/c1-9(2)12-10-7-5-3-4-6-8-11(10)12/h3-4,9-12H,5-8H2,1-2H3/b4-3-. The summed E-state index contributed by atoms with van der Waals surface area (Å²) in [6, 6.07) is 0. The van der Waals surface area contributed by atoms with Crippen LogP contribution in [-0.4, -0.2) is 0 Å². The van der Waals surface area contributed by atoms with Crippen LogP contribution in [0.15, 0.2) is 12.2 Å². The second-order valence-electron chi connectivity index (χ2n) is 4.78. The highest BCUT2D eigenvalue weighted by Gasteiger charge is 2.49. The van der Waals surface area contributed by atoms with Gasteiger partial charge in [0.1, 0.15) is 0 Å². The van der Waals surface area contributed by atoms with Gasteiger partial charge in [0.05, 0.1) is 0 Å². The molecule has 0 spiro atoms. The van der Waals surface area contributed by atoms with Gasteiger partial charge >= 0.3 is 0 Å². The van der Waals surface area contributed by atoms with E-state index in [1.807, 2.05) is 0 Å². The number of rotatable bonds is 1. The molecule has 0 saturated heterocycles. The smallest absolute Gasteiger partial charge is 0.0329 e. The van der Waals surface area contributed by atoms with E-state index in [-0.39, 0.29) is 0 Å². The number of allylic oxidation sites excluding steroid dienone is 2. The van der Waals surface area contributed by atoms with Crippen molar-refractivity contribution in [3.05, 3.63) is 12.2 Å². The first-order chi connectivity index (χ1) is 5.80. The Balaban J connectivity index is 1.93. The van der Waals surface area contributed by atoms with Gasteiger partial charge in [-0.05, 0) is 49.4 Å². The highest BCUT2D eigenvalue weighted by atomic mass is 14.5. The van der Waals surface area contributed by atoms with E-state index >= 15 is 0 Å². The van der Waals surface area contributed by atoms with Gasteiger partial charge in [0.15, 0.2) is 0 Å². The Hall–Kier alpha value is -0.260. The van der Waals surface area contributed by atoms with Crippen molar-refractivity contribution in [1.29, 1.82) is 0 Å². The van der Waals surface area contributed by atoms with Crippen molar-refractivity contribution >= 4 is 0 Å². The van der Waals surface area contributed by atoms with Gasteiger partial charge in [-0.15, -0.1) is 0 Å². The normalized spacial score (nSPS) is 43.1. The maximum absolute atomic E-state index is 2.39. The van der Waals surface area contributed by atoms with E-state index in [1.54, 1.807) is 0 Å². The van der Waals surface area contributed by atoms with Crippen LogP contribution in [0.4, 0.5) is 0 Å². The molecule has 0 heterocycles. The van der Waals surface area contributed by atoms with Crippen LogP contribution in [0.1, 0.15) is 39.5 Å². The first-order valence-electron chi connectivity index (χ1n) is 5.45. The molecular formula is C12H20. The SMILES string of the molecule is CC(C)C1C2CC/C=C\CCC21. The summed E-state index contributed by atoms with van der Waals surface area (Å²) in [6.07, 6.45) is 10.4. The van der Waals surface area contributed by atoms with Crippen LogP contribution in [-0.2, 0) is 0 Å². The number of hydrogen-bond donors (Lipinski definition) is 0. The zero-order chi connectivity index (χ0) is 8.55. The third kappa shape index (κ3) is 1.44. The fraction of sp³-hybridized carbons (Fsp3) is 0.833. The largest absolute Gasteiger partial charge is 0.0885 e. The van der Waals surface area contributed by atoms with E-state index in [0.717, 1.165) is 23.7 Å². The van der Waals surface area contributed by atoms with Crippen LogP contribution < -0.4 is 0 Å². The summed E-state index contributed by atoms with van der Waals surface area (Å²) in [6.45, 7) is 4.78. The lowest BCUT2D eigenvalue weighted by Gasteiger charge is -2.00. The van der Waals surface area contributed by atoms with Crippen LogP contribution in [0, 0.1) is 23.7 Å². The molecule has 0 radical (unpaired) electrons. The minimum absolute atomic E-state index is 0.929. The summed E-state index contributed by atoms with van der Waals surface area (Å²) >= 11 is 0. The quantitative estimate of drug-likeness (QED) is 0.519. The van der Waals surface area contributed by atoms with Gasteiger partial charge in [-0.25, -0.2) is 0 Å². The summed E-state index contributed by atoms with van der Waals surface area (Å²) in [5.74, 6) is 4.19. The molecule has 2 atom stereocenters. The molecule has 0 heteroatoms. The highest BCUT2D eigenvalue weighted by molar-refractivity contribution is 5.02. The number of fused-ring (bicyclic) bond motifs is 1. The molecule has 1 fully saturated rings. The molecular weight excluding hydrogens is 144 g/mol. The summed E-state index contributed by atoms with van der Waals surface area (Å²) in [7, 11) is 0. The van der Waals surface area contributed by atoms with Gasteiger partial charge in [-0.2, -0.15) is 0 Å². The topological polar surface area (TPSA) is 0 Å². The van der Waals surface area contributed by atoms with Crippen LogP contribution in [0.5, 0.6) is 0 Å². The Morgan fingerprint density at radius 3 is 1.92 bits per heavy atom. The van der Waals surface area contributed by atoms with Crippen molar-refractivity contribution in [2.24, 2.45) is 23.7 Å². The predicted octanol–water partition coefficient (Wildman–Crippen LogP) is 3.63. The average Bonchev–Trinajstić information content (AvgIpc) is 2.60. The predicted molar refractivity (Wildman–Crippen MR) is 52.9 cm³/mol. The minimum Gasteiger partial charge on any atom is -0.0885 e. The Labute approximate surface area is 76.1 Å². The van der Waals surface area contributed by atoms with E-state index in [2.05, 4.69) is 26.0 Å². The summed E-state index contributed by atoms with van der Waals surface area (Å²) in [5.41, 5.74) is 0. The first-order valence-corrected chi connectivity index (χ1v) is 5.45. The molecule has 0 amide bonds. The van der Waals surface area contributed by atoms with Crippen LogP contribution in [0.25, 0.3) is 0 Å². The lowest BCUT2D eigenvalue weighted by atomic mass is 10.0. The maximum atomic E-state index is 2.39.